The highest BCUT2D eigenvalue weighted by molar-refractivity contribution is 4.96. The summed E-state index contributed by atoms with van der Waals surface area (Å²) in [7, 11) is 0. The lowest BCUT2D eigenvalue weighted by Crippen LogP contribution is -2.48. The molecule has 0 aliphatic heterocycles. The van der Waals surface area contributed by atoms with Gasteiger partial charge in [-0.3, -0.25) is 0 Å². The summed E-state index contributed by atoms with van der Waals surface area (Å²) >= 11 is 0. The molecule has 2 heteroatoms. The Balaban J connectivity index is 2.11. The van der Waals surface area contributed by atoms with Crippen molar-refractivity contribution >= 4 is 0 Å². The van der Waals surface area contributed by atoms with Crippen LogP contribution < -0.4 is 0 Å². The minimum Gasteiger partial charge on any atom is -0.396 e. The molecule has 2 fully saturated rings. The van der Waals surface area contributed by atoms with E-state index in [-0.39, 0.29) is 6.61 Å². The fourth-order valence-electron chi connectivity index (χ4n) is 3.32. The summed E-state index contributed by atoms with van der Waals surface area (Å²) in [5.74, 6) is 0.763. The van der Waals surface area contributed by atoms with E-state index in [9.17, 15) is 10.2 Å². The topological polar surface area (TPSA) is 40.5 Å². The molecule has 0 radical (unpaired) electrons. The summed E-state index contributed by atoms with van der Waals surface area (Å²) in [4.78, 5) is 0. The maximum absolute atomic E-state index is 10.4. The molecule has 2 N–H and O–H groups in total. The van der Waals surface area contributed by atoms with Crippen LogP contribution in [-0.2, 0) is 0 Å². The quantitative estimate of drug-likeness (QED) is 0.651. The molecular weight excluding hydrogens is 164 g/mol. The van der Waals surface area contributed by atoms with E-state index in [1.165, 1.54) is 12.8 Å². The lowest BCUT2D eigenvalue weighted by atomic mass is 9.63. The van der Waals surface area contributed by atoms with Crippen LogP contribution in [0.15, 0.2) is 0 Å². The van der Waals surface area contributed by atoms with Gasteiger partial charge in [-0.2, -0.15) is 0 Å². The van der Waals surface area contributed by atoms with E-state index in [4.69, 9.17) is 0 Å². The van der Waals surface area contributed by atoms with E-state index in [2.05, 4.69) is 0 Å². The molecule has 2 nitrogen and oxygen atoms in total. The monoisotopic (exact) mass is 184 g/mol. The summed E-state index contributed by atoms with van der Waals surface area (Å²) in [6, 6.07) is 0. The van der Waals surface area contributed by atoms with Gasteiger partial charge in [-0.05, 0) is 37.5 Å². The number of fused-ring (bicyclic) bond motifs is 1. The van der Waals surface area contributed by atoms with Crippen molar-refractivity contribution in [2.75, 3.05) is 6.61 Å². The van der Waals surface area contributed by atoms with Crippen LogP contribution in [0.5, 0.6) is 0 Å². The molecule has 13 heavy (non-hydrogen) atoms. The second kappa shape index (κ2) is 3.58. The smallest absolute Gasteiger partial charge is 0.0679 e. The van der Waals surface area contributed by atoms with E-state index in [1.807, 2.05) is 0 Å². The van der Waals surface area contributed by atoms with Crippen LogP contribution in [0.3, 0.4) is 0 Å². The molecule has 0 heterocycles. The van der Waals surface area contributed by atoms with Crippen LogP contribution in [0.2, 0.25) is 0 Å². The molecule has 0 amide bonds. The predicted octanol–water partition coefficient (Wildman–Crippen LogP) is 1.70. The van der Waals surface area contributed by atoms with Gasteiger partial charge in [0.05, 0.1) is 5.60 Å². The van der Waals surface area contributed by atoms with Crippen molar-refractivity contribution in [1.82, 2.24) is 0 Å². The van der Waals surface area contributed by atoms with Crippen molar-refractivity contribution in [3.8, 4) is 0 Å². The molecule has 76 valence electrons. The van der Waals surface area contributed by atoms with Gasteiger partial charge < -0.3 is 10.2 Å². The summed E-state index contributed by atoms with van der Waals surface area (Å²) in [6.45, 7) is 0.271. The molecule has 2 saturated carbocycles. The van der Waals surface area contributed by atoms with Gasteiger partial charge in [-0.25, -0.2) is 0 Å². The molecule has 2 rings (SSSR count). The number of aliphatic hydroxyl groups is 2. The third kappa shape index (κ3) is 1.62. The summed E-state index contributed by atoms with van der Waals surface area (Å²) < 4.78 is 0. The number of hydrogen-bond acceptors (Lipinski definition) is 2. The first-order chi connectivity index (χ1) is 6.26. The maximum Gasteiger partial charge on any atom is 0.0679 e. The molecule has 2 aliphatic carbocycles. The Morgan fingerprint density at radius 3 is 2.62 bits per heavy atom. The summed E-state index contributed by atoms with van der Waals surface area (Å²) in [6.07, 6.45) is 7.68. The van der Waals surface area contributed by atoms with Gasteiger partial charge in [-0.1, -0.05) is 19.3 Å². The highest BCUT2D eigenvalue weighted by Crippen LogP contribution is 2.46. The number of aliphatic hydroxyl groups excluding tert-OH is 1. The second-order valence-corrected chi connectivity index (χ2v) is 4.79. The molecule has 2 aliphatic rings. The zero-order valence-corrected chi connectivity index (χ0v) is 8.21. The van der Waals surface area contributed by atoms with Crippen molar-refractivity contribution < 1.29 is 10.2 Å². The van der Waals surface area contributed by atoms with Crippen LogP contribution in [-0.4, -0.2) is 22.4 Å². The molecule has 0 unspecified atom stereocenters. The fourth-order valence-corrected chi connectivity index (χ4v) is 3.32. The predicted molar refractivity (Wildman–Crippen MR) is 51.3 cm³/mol. The first-order valence-corrected chi connectivity index (χ1v) is 5.59. The van der Waals surface area contributed by atoms with Gasteiger partial charge in [0.15, 0.2) is 0 Å². The van der Waals surface area contributed by atoms with Crippen LogP contribution >= 0.6 is 0 Å². The van der Waals surface area contributed by atoms with Crippen LogP contribution in [0.25, 0.3) is 0 Å². The average molecular weight is 184 g/mol. The Kier molecular flexibility index (Phi) is 2.61. The first kappa shape index (κ1) is 9.47. The lowest BCUT2D eigenvalue weighted by Gasteiger charge is -2.47. The Hall–Kier alpha value is -0.0800. The largest absolute Gasteiger partial charge is 0.396 e. The molecular formula is C11H20O2. The summed E-state index contributed by atoms with van der Waals surface area (Å²) in [5, 5.41) is 19.6. The second-order valence-electron chi connectivity index (χ2n) is 4.79. The van der Waals surface area contributed by atoms with Gasteiger partial charge in [0.2, 0.25) is 0 Å². The Bertz CT molecular complexity index is 177. The minimum absolute atomic E-state index is 0.271. The number of hydrogen-bond donors (Lipinski definition) is 2. The molecule has 0 aromatic heterocycles. The van der Waals surface area contributed by atoms with E-state index in [0.717, 1.165) is 32.1 Å². The van der Waals surface area contributed by atoms with Crippen molar-refractivity contribution in [3.05, 3.63) is 0 Å². The molecule has 3 atom stereocenters. The average Bonchev–Trinajstić information content (AvgIpc) is 2.15. The van der Waals surface area contributed by atoms with E-state index in [0.29, 0.717) is 11.8 Å². The molecule has 0 saturated heterocycles. The summed E-state index contributed by atoms with van der Waals surface area (Å²) in [5.41, 5.74) is -0.413. The highest BCUT2D eigenvalue weighted by atomic mass is 16.3. The van der Waals surface area contributed by atoms with Crippen molar-refractivity contribution in [2.24, 2.45) is 11.8 Å². The van der Waals surface area contributed by atoms with Gasteiger partial charge in [0, 0.05) is 6.61 Å². The van der Waals surface area contributed by atoms with Gasteiger partial charge >= 0.3 is 0 Å². The van der Waals surface area contributed by atoms with E-state index in [1.54, 1.807) is 0 Å². The molecule has 0 spiro atoms. The first-order valence-electron chi connectivity index (χ1n) is 5.59. The normalized spacial score (nSPS) is 45.7. The minimum atomic E-state index is -0.413. The van der Waals surface area contributed by atoms with E-state index >= 15 is 0 Å². The van der Waals surface area contributed by atoms with Crippen molar-refractivity contribution in [1.29, 1.82) is 0 Å². The van der Waals surface area contributed by atoms with Crippen molar-refractivity contribution in [3.63, 3.8) is 0 Å². The van der Waals surface area contributed by atoms with Crippen molar-refractivity contribution in [2.45, 2.75) is 50.5 Å². The fraction of sp³-hybridized carbons (Fsp3) is 1.00. The Labute approximate surface area is 80.0 Å². The van der Waals surface area contributed by atoms with Gasteiger partial charge in [-0.15, -0.1) is 0 Å². The van der Waals surface area contributed by atoms with Crippen LogP contribution in [0.4, 0.5) is 0 Å². The zero-order chi connectivity index (χ0) is 9.31. The highest BCUT2D eigenvalue weighted by Gasteiger charge is 2.44. The number of rotatable bonds is 1. The van der Waals surface area contributed by atoms with Crippen LogP contribution in [0.1, 0.15) is 44.9 Å². The SMILES string of the molecule is OC[C@@H]1CCC[C@@]2(O)CCCC[C@@H]12. The molecule has 0 bridgehead atoms. The standard InChI is InChI=1S/C11H20O2/c12-8-9-4-3-7-11(13)6-2-1-5-10(9)11/h9-10,12-13H,1-8H2/t9-,10-,11-/m0/s1. The van der Waals surface area contributed by atoms with Gasteiger partial charge in [0.1, 0.15) is 0 Å². The van der Waals surface area contributed by atoms with E-state index < -0.39 is 5.60 Å². The third-order valence-electron chi connectivity index (χ3n) is 4.05. The zero-order valence-electron chi connectivity index (χ0n) is 8.21. The Morgan fingerprint density at radius 1 is 1.08 bits per heavy atom. The molecule has 0 aromatic rings. The lowest BCUT2D eigenvalue weighted by molar-refractivity contribution is -0.107. The Morgan fingerprint density at radius 2 is 1.85 bits per heavy atom. The van der Waals surface area contributed by atoms with Crippen LogP contribution in [0, 0.1) is 11.8 Å². The molecule has 0 aromatic carbocycles. The van der Waals surface area contributed by atoms with Gasteiger partial charge in [0.25, 0.3) is 0 Å². The maximum atomic E-state index is 10.4. The third-order valence-corrected chi connectivity index (χ3v) is 4.05.